The molecule has 1 atom stereocenters. The van der Waals surface area contributed by atoms with E-state index in [1.54, 1.807) is 12.1 Å². The maximum Gasteiger partial charge on any atom is 0.119 e. The van der Waals surface area contributed by atoms with Crippen molar-refractivity contribution in [2.24, 2.45) is 5.92 Å². The van der Waals surface area contributed by atoms with Gasteiger partial charge in [-0.15, -0.1) is 0 Å². The Bertz CT molecular complexity index is 684. The fourth-order valence-electron chi connectivity index (χ4n) is 3.16. The summed E-state index contributed by atoms with van der Waals surface area (Å²) in [5, 5.41) is 0. The third-order valence-corrected chi connectivity index (χ3v) is 5.82. The molecule has 0 spiro atoms. The molecule has 0 aliphatic heterocycles. The molecule has 0 amide bonds. The average molecular weight is 620 g/mol. The van der Waals surface area contributed by atoms with Gasteiger partial charge in [0.2, 0.25) is 0 Å². The van der Waals surface area contributed by atoms with Gasteiger partial charge in [0.1, 0.15) is 12.4 Å². The summed E-state index contributed by atoms with van der Waals surface area (Å²) in [5.41, 5.74) is 6.35. The van der Waals surface area contributed by atoms with Gasteiger partial charge in [-0.25, -0.2) is 0 Å². The number of anilines is 1. The molecule has 0 aliphatic carbocycles. The zero-order chi connectivity index (χ0) is 30.9. The number of hydrogen-bond acceptors (Lipinski definition) is 12. The molecule has 1 aromatic carbocycles. The van der Waals surface area contributed by atoms with Crippen molar-refractivity contribution in [2.75, 3.05) is 144 Å². The Morgan fingerprint density at radius 1 is 0.442 bits per heavy atom. The van der Waals surface area contributed by atoms with Gasteiger partial charge in [0.05, 0.1) is 126 Å². The first kappa shape index (κ1) is 39.4. The van der Waals surface area contributed by atoms with Crippen LogP contribution in [0.5, 0.6) is 5.75 Å². The van der Waals surface area contributed by atoms with Crippen LogP contribution in [0.4, 0.5) is 5.69 Å². The first-order chi connectivity index (χ1) is 21.2. The van der Waals surface area contributed by atoms with E-state index in [0.29, 0.717) is 144 Å². The third-order valence-electron chi connectivity index (χ3n) is 5.82. The van der Waals surface area contributed by atoms with Crippen LogP contribution in [0.15, 0.2) is 24.3 Å². The van der Waals surface area contributed by atoms with E-state index >= 15 is 0 Å². The lowest BCUT2D eigenvalue weighted by atomic mass is 10.1. The van der Waals surface area contributed by atoms with E-state index in [2.05, 4.69) is 13.8 Å². The van der Waals surface area contributed by atoms with Crippen LogP contribution >= 0.6 is 0 Å². The Labute approximate surface area is 258 Å². The van der Waals surface area contributed by atoms with Crippen LogP contribution in [0, 0.1) is 5.92 Å². The highest BCUT2D eigenvalue weighted by molar-refractivity contribution is 5.41. The molecule has 252 valence electrons. The maximum atomic E-state index is 5.64. The highest BCUT2D eigenvalue weighted by Gasteiger charge is 1.99. The normalized spacial score (nSPS) is 12.1. The van der Waals surface area contributed by atoms with Crippen LogP contribution < -0.4 is 10.5 Å². The number of rotatable bonds is 34. The lowest BCUT2D eigenvalue weighted by molar-refractivity contribution is -0.0271. The number of nitrogens with two attached hydrogens (primary N) is 1. The SMILES string of the molecule is CCC(C)COCCOCCOCCOCCOCCOCCOCCOCCOCCOCCOc1ccc(N)cc1. The van der Waals surface area contributed by atoms with Crippen molar-refractivity contribution in [3.63, 3.8) is 0 Å². The van der Waals surface area contributed by atoms with E-state index in [4.69, 9.17) is 57.8 Å². The quantitative estimate of drug-likeness (QED) is 0.0900. The Morgan fingerprint density at radius 2 is 0.721 bits per heavy atom. The Hall–Kier alpha value is -1.58. The summed E-state index contributed by atoms with van der Waals surface area (Å²) in [6, 6.07) is 7.27. The van der Waals surface area contributed by atoms with Gasteiger partial charge in [0.15, 0.2) is 0 Å². The standard InChI is InChI=1S/C31H57NO11/c1-3-29(2)28-42-25-24-40-21-20-38-17-16-36-13-12-34-9-8-33-10-11-35-14-15-37-18-19-39-22-23-41-26-27-43-31-6-4-30(32)5-7-31/h4-7,29H,3,8-28,32H2,1-2H3. The van der Waals surface area contributed by atoms with Gasteiger partial charge in [0.25, 0.3) is 0 Å². The molecule has 0 aliphatic rings. The molecule has 0 bridgehead atoms. The van der Waals surface area contributed by atoms with E-state index in [9.17, 15) is 0 Å². The molecule has 12 nitrogen and oxygen atoms in total. The third kappa shape index (κ3) is 28.9. The smallest absolute Gasteiger partial charge is 0.119 e. The Kier molecular flexibility index (Phi) is 29.2. The first-order valence-corrected chi connectivity index (χ1v) is 15.5. The van der Waals surface area contributed by atoms with Crippen molar-refractivity contribution >= 4 is 5.69 Å². The lowest BCUT2D eigenvalue weighted by Crippen LogP contribution is -2.15. The number of ether oxygens (including phenoxy) is 11. The Balaban J connectivity index is 1.63. The van der Waals surface area contributed by atoms with Crippen molar-refractivity contribution in [1.29, 1.82) is 0 Å². The van der Waals surface area contributed by atoms with Gasteiger partial charge in [-0.2, -0.15) is 0 Å². The number of hydrogen-bond donors (Lipinski definition) is 1. The minimum absolute atomic E-state index is 0.478. The molecule has 43 heavy (non-hydrogen) atoms. The summed E-state index contributed by atoms with van der Waals surface area (Å²) in [7, 11) is 0. The Morgan fingerprint density at radius 3 is 1.02 bits per heavy atom. The summed E-state index contributed by atoms with van der Waals surface area (Å²) in [6.45, 7) is 15.7. The molecular weight excluding hydrogens is 562 g/mol. The molecule has 1 rings (SSSR count). The second kappa shape index (κ2) is 31.8. The summed E-state index contributed by atoms with van der Waals surface area (Å²) in [5.74, 6) is 1.37. The van der Waals surface area contributed by atoms with Crippen LogP contribution in [0.3, 0.4) is 0 Å². The molecule has 0 fully saturated rings. The van der Waals surface area contributed by atoms with E-state index in [1.165, 1.54) is 0 Å². The highest BCUT2D eigenvalue weighted by Crippen LogP contribution is 2.12. The molecule has 0 saturated carbocycles. The van der Waals surface area contributed by atoms with Gasteiger partial charge in [-0.05, 0) is 30.2 Å². The van der Waals surface area contributed by atoms with Crippen LogP contribution in [0.2, 0.25) is 0 Å². The van der Waals surface area contributed by atoms with Gasteiger partial charge >= 0.3 is 0 Å². The van der Waals surface area contributed by atoms with Gasteiger partial charge in [-0.3, -0.25) is 0 Å². The van der Waals surface area contributed by atoms with E-state index in [1.807, 2.05) is 12.1 Å². The summed E-state index contributed by atoms with van der Waals surface area (Å²) in [6.07, 6.45) is 1.13. The molecule has 1 unspecified atom stereocenters. The fraction of sp³-hybridized carbons (Fsp3) is 0.806. The molecule has 0 saturated heterocycles. The minimum atomic E-state index is 0.478. The van der Waals surface area contributed by atoms with Crippen LogP contribution in [0.25, 0.3) is 0 Å². The van der Waals surface area contributed by atoms with Gasteiger partial charge < -0.3 is 57.8 Å². The summed E-state index contributed by atoms with van der Waals surface area (Å²) < 4.78 is 60.3. The minimum Gasteiger partial charge on any atom is -0.491 e. The zero-order valence-electron chi connectivity index (χ0n) is 26.5. The van der Waals surface area contributed by atoms with Crippen molar-refractivity contribution in [3.8, 4) is 5.75 Å². The van der Waals surface area contributed by atoms with Crippen molar-refractivity contribution in [3.05, 3.63) is 24.3 Å². The fourth-order valence-corrected chi connectivity index (χ4v) is 3.16. The second-order valence-electron chi connectivity index (χ2n) is 9.52. The van der Waals surface area contributed by atoms with Crippen LogP contribution in [-0.4, -0.2) is 139 Å². The van der Waals surface area contributed by atoms with E-state index in [0.717, 1.165) is 18.8 Å². The van der Waals surface area contributed by atoms with Gasteiger partial charge in [-0.1, -0.05) is 20.3 Å². The van der Waals surface area contributed by atoms with E-state index in [-0.39, 0.29) is 0 Å². The first-order valence-electron chi connectivity index (χ1n) is 15.5. The monoisotopic (exact) mass is 619 g/mol. The largest absolute Gasteiger partial charge is 0.491 e. The predicted molar refractivity (Wildman–Crippen MR) is 164 cm³/mol. The molecular formula is C31H57NO11. The van der Waals surface area contributed by atoms with Crippen molar-refractivity contribution in [1.82, 2.24) is 0 Å². The van der Waals surface area contributed by atoms with Crippen LogP contribution in [0.1, 0.15) is 20.3 Å². The maximum absolute atomic E-state index is 5.64. The lowest BCUT2D eigenvalue weighted by Gasteiger charge is -2.10. The van der Waals surface area contributed by atoms with Gasteiger partial charge in [0, 0.05) is 12.3 Å². The van der Waals surface area contributed by atoms with Crippen LogP contribution in [-0.2, 0) is 47.4 Å². The summed E-state index contributed by atoms with van der Waals surface area (Å²) >= 11 is 0. The predicted octanol–water partition coefficient (Wildman–Crippen LogP) is 2.86. The molecule has 2 N–H and O–H groups in total. The van der Waals surface area contributed by atoms with Crippen molar-refractivity contribution < 1.29 is 52.1 Å². The van der Waals surface area contributed by atoms with E-state index < -0.39 is 0 Å². The molecule has 1 aromatic rings. The second-order valence-corrected chi connectivity index (χ2v) is 9.52. The number of benzene rings is 1. The number of nitrogen functional groups attached to an aromatic ring is 1. The zero-order valence-corrected chi connectivity index (χ0v) is 26.5. The molecule has 0 radical (unpaired) electrons. The topological polar surface area (TPSA) is 128 Å². The highest BCUT2D eigenvalue weighted by atomic mass is 16.6. The summed E-state index contributed by atoms with van der Waals surface area (Å²) in [4.78, 5) is 0. The average Bonchev–Trinajstić information content (AvgIpc) is 3.02. The molecule has 0 aromatic heterocycles. The molecule has 12 heteroatoms. The van der Waals surface area contributed by atoms with Crippen molar-refractivity contribution in [2.45, 2.75) is 20.3 Å². The molecule has 0 heterocycles.